The highest BCUT2D eigenvalue weighted by Crippen LogP contribution is 2.31. The van der Waals surface area contributed by atoms with E-state index in [2.05, 4.69) is 99.9 Å². The lowest BCUT2D eigenvalue weighted by atomic mass is 9.96. The lowest BCUT2D eigenvalue weighted by molar-refractivity contribution is 1.17. The van der Waals surface area contributed by atoms with Crippen LogP contribution in [0.2, 0.25) is 0 Å². The number of halogens is 1. The Labute approximate surface area is 193 Å². The molecule has 0 fully saturated rings. The highest BCUT2D eigenvalue weighted by atomic mass is 79.9. The SMILES string of the molecule is Cc1cc(-c2cc(-c3cc(C)c(C)c(C)c3)nc(-c3cccc(Br)c3)n2)cc(C)c1C. The Hall–Kier alpha value is -2.78. The van der Waals surface area contributed by atoms with Gasteiger partial charge in [-0.25, -0.2) is 9.97 Å². The van der Waals surface area contributed by atoms with Gasteiger partial charge in [-0.15, -0.1) is 0 Å². The van der Waals surface area contributed by atoms with E-state index in [4.69, 9.17) is 9.97 Å². The first-order chi connectivity index (χ1) is 14.7. The molecule has 1 heterocycles. The second kappa shape index (κ2) is 8.39. The third-order valence-electron chi connectivity index (χ3n) is 6.25. The standard InChI is InChI=1S/C28H27BrN2/c1-16-10-23(11-17(2)20(16)5)26-15-27(24-12-18(3)21(6)19(4)13-24)31-28(30-26)22-8-7-9-25(29)14-22/h7-15H,1-6H3. The van der Waals surface area contributed by atoms with E-state index >= 15 is 0 Å². The third-order valence-corrected chi connectivity index (χ3v) is 6.75. The molecule has 4 rings (SSSR count). The molecule has 3 heteroatoms. The molecule has 0 saturated carbocycles. The van der Waals surface area contributed by atoms with Gasteiger partial charge in [0.1, 0.15) is 0 Å². The van der Waals surface area contributed by atoms with Crippen LogP contribution >= 0.6 is 15.9 Å². The number of aryl methyl sites for hydroxylation is 4. The van der Waals surface area contributed by atoms with Crippen LogP contribution in [0.5, 0.6) is 0 Å². The highest BCUT2D eigenvalue weighted by molar-refractivity contribution is 9.10. The van der Waals surface area contributed by atoms with Gasteiger partial charge in [-0.2, -0.15) is 0 Å². The fourth-order valence-corrected chi connectivity index (χ4v) is 4.27. The highest BCUT2D eigenvalue weighted by Gasteiger charge is 2.13. The van der Waals surface area contributed by atoms with Crippen LogP contribution in [0.3, 0.4) is 0 Å². The van der Waals surface area contributed by atoms with Crippen LogP contribution in [0.1, 0.15) is 33.4 Å². The molecular weight excluding hydrogens is 444 g/mol. The van der Waals surface area contributed by atoms with E-state index in [-0.39, 0.29) is 0 Å². The summed E-state index contributed by atoms with van der Waals surface area (Å²) in [5, 5.41) is 0. The summed E-state index contributed by atoms with van der Waals surface area (Å²) in [4.78, 5) is 9.97. The van der Waals surface area contributed by atoms with E-state index in [1.54, 1.807) is 0 Å². The van der Waals surface area contributed by atoms with Gasteiger partial charge >= 0.3 is 0 Å². The normalized spacial score (nSPS) is 11.1. The van der Waals surface area contributed by atoms with E-state index in [1.807, 2.05) is 12.1 Å². The van der Waals surface area contributed by atoms with Crippen molar-refractivity contribution in [3.05, 3.63) is 92.5 Å². The van der Waals surface area contributed by atoms with E-state index in [0.29, 0.717) is 0 Å². The first-order valence-electron chi connectivity index (χ1n) is 10.5. The van der Waals surface area contributed by atoms with E-state index < -0.39 is 0 Å². The fraction of sp³-hybridized carbons (Fsp3) is 0.214. The number of benzene rings is 3. The number of hydrogen-bond acceptors (Lipinski definition) is 2. The number of aromatic nitrogens is 2. The molecule has 4 aromatic rings. The molecule has 0 spiro atoms. The van der Waals surface area contributed by atoms with Gasteiger partial charge in [0.25, 0.3) is 0 Å². The lowest BCUT2D eigenvalue weighted by Gasteiger charge is -2.14. The molecule has 0 radical (unpaired) electrons. The molecule has 0 aliphatic rings. The summed E-state index contributed by atoms with van der Waals surface area (Å²) in [5.41, 5.74) is 12.9. The van der Waals surface area contributed by atoms with Crippen LogP contribution in [0.15, 0.2) is 59.1 Å². The van der Waals surface area contributed by atoms with Crippen LogP contribution in [0.25, 0.3) is 33.9 Å². The minimum atomic E-state index is 0.737. The van der Waals surface area contributed by atoms with Crippen molar-refractivity contribution in [3.63, 3.8) is 0 Å². The summed E-state index contributed by atoms with van der Waals surface area (Å²) >= 11 is 3.58. The third kappa shape index (κ3) is 4.33. The monoisotopic (exact) mass is 470 g/mol. The zero-order valence-electron chi connectivity index (χ0n) is 19.0. The fourth-order valence-electron chi connectivity index (χ4n) is 3.87. The Morgan fingerprint density at radius 1 is 0.548 bits per heavy atom. The minimum absolute atomic E-state index is 0.737. The summed E-state index contributed by atoms with van der Waals surface area (Å²) in [7, 11) is 0. The first-order valence-corrected chi connectivity index (χ1v) is 11.3. The second-order valence-corrected chi connectivity index (χ2v) is 9.36. The Morgan fingerprint density at radius 2 is 1.00 bits per heavy atom. The largest absolute Gasteiger partial charge is 0.228 e. The van der Waals surface area contributed by atoms with Crippen LogP contribution < -0.4 is 0 Å². The average Bonchev–Trinajstić information content (AvgIpc) is 2.74. The van der Waals surface area contributed by atoms with Crippen molar-refractivity contribution in [3.8, 4) is 33.9 Å². The lowest BCUT2D eigenvalue weighted by Crippen LogP contribution is -1.98. The molecule has 0 aliphatic carbocycles. The van der Waals surface area contributed by atoms with Crippen molar-refractivity contribution >= 4 is 15.9 Å². The molecule has 0 bridgehead atoms. The summed E-state index contributed by atoms with van der Waals surface area (Å²) in [5.74, 6) is 0.737. The Balaban J connectivity index is 1.98. The Kier molecular flexibility index (Phi) is 5.81. The van der Waals surface area contributed by atoms with E-state index in [9.17, 15) is 0 Å². The van der Waals surface area contributed by atoms with Gasteiger partial charge in [-0.1, -0.05) is 28.1 Å². The zero-order chi connectivity index (χ0) is 22.3. The average molecular weight is 471 g/mol. The molecule has 0 unspecified atom stereocenters. The van der Waals surface area contributed by atoms with Crippen LogP contribution in [0.4, 0.5) is 0 Å². The number of rotatable bonds is 3. The second-order valence-electron chi connectivity index (χ2n) is 8.44. The van der Waals surface area contributed by atoms with Crippen molar-refractivity contribution in [2.45, 2.75) is 41.5 Å². The maximum absolute atomic E-state index is 4.98. The quantitative estimate of drug-likeness (QED) is 0.302. The molecule has 0 saturated heterocycles. The van der Waals surface area contributed by atoms with Crippen molar-refractivity contribution in [2.24, 2.45) is 0 Å². The minimum Gasteiger partial charge on any atom is -0.228 e. The number of hydrogen-bond donors (Lipinski definition) is 0. The van der Waals surface area contributed by atoms with Crippen LogP contribution in [-0.4, -0.2) is 9.97 Å². The van der Waals surface area contributed by atoms with Gasteiger partial charge in [0.15, 0.2) is 5.82 Å². The molecular formula is C28H27BrN2. The smallest absolute Gasteiger partial charge is 0.160 e. The predicted octanol–water partition coefficient (Wildman–Crippen LogP) is 8.09. The maximum Gasteiger partial charge on any atom is 0.160 e. The summed E-state index contributed by atoms with van der Waals surface area (Å²) in [6, 6.07) is 19.2. The molecule has 1 aromatic heterocycles. The topological polar surface area (TPSA) is 25.8 Å². The molecule has 2 nitrogen and oxygen atoms in total. The molecule has 0 amide bonds. The summed E-state index contributed by atoms with van der Waals surface area (Å²) < 4.78 is 1.02. The van der Waals surface area contributed by atoms with Crippen LogP contribution in [0, 0.1) is 41.5 Å². The molecule has 3 aromatic carbocycles. The molecule has 0 atom stereocenters. The van der Waals surface area contributed by atoms with Gasteiger partial charge in [0.05, 0.1) is 11.4 Å². The van der Waals surface area contributed by atoms with Gasteiger partial charge in [0.2, 0.25) is 0 Å². The summed E-state index contributed by atoms with van der Waals surface area (Å²) in [6.45, 7) is 13.0. The van der Waals surface area contributed by atoms with Gasteiger partial charge in [-0.3, -0.25) is 0 Å². The van der Waals surface area contributed by atoms with Crippen molar-refractivity contribution in [1.82, 2.24) is 9.97 Å². The van der Waals surface area contributed by atoms with Crippen molar-refractivity contribution in [1.29, 1.82) is 0 Å². The summed E-state index contributed by atoms with van der Waals surface area (Å²) in [6.07, 6.45) is 0. The van der Waals surface area contributed by atoms with Gasteiger partial charge in [0, 0.05) is 21.2 Å². The van der Waals surface area contributed by atoms with Crippen LogP contribution in [-0.2, 0) is 0 Å². The zero-order valence-corrected chi connectivity index (χ0v) is 20.6. The Morgan fingerprint density at radius 3 is 1.42 bits per heavy atom. The van der Waals surface area contributed by atoms with E-state index in [1.165, 1.54) is 33.4 Å². The van der Waals surface area contributed by atoms with Gasteiger partial charge < -0.3 is 0 Å². The predicted molar refractivity (Wildman–Crippen MR) is 134 cm³/mol. The molecule has 0 aliphatic heterocycles. The van der Waals surface area contributed by atoms with Crippen molar-refractivity contribution in [2.75, 3.05) is 0 Å². The Bertz CT molecular complexity index is 1180. The van der Waals surface area contributed by atoms with Crippen molar-refractivity contribution < 1.29 is 0 Å². The number of nitrogens with zero attached hydrogens (tertiary/aromatic N) is 2. The molecule has 156 valence electrons. The maximum atomic E-state index is 4.98. The first kappa shape index (κ1) is 21.5. The molecule has 0 N–H and O–H groups in total. The molecule has 31 heavy (non-hydrogen) atoms. The van der Waals surface area contributed by atoms with Gasteiger partial charge in [-0.05, 0) is 117 Å². The van der Waals surface area contributed by atoms with E-state index in [0.717, 1.165) is 38.4 Å².